The molecule has 1 saturated carbocycles. The van der Waals surface area contributed by atoms with Gasteiger partial charge in [0.15, 0.2) is 0 Å². The molecule has 15 heavy (non-hydrogen) atoms. The Balaban J connectivity index is 2.41. The van der Waals surface area contributed by atoms with Crippen LogP contribution in [0.4, 0.5) is 0 Å². The van der Waals surface area contributed by atoms with Gasteiger partial charge in [-0.05, 0) is 42.9 Å². The van der Waals surface area contributed by atoms with Gasteiger partial charge in [-0.2, -0.15) is 5.26 Å². The fourth-order valence-electron chi connectivity index (χ4n) is 2.45. The van der Waals surface area contributed by atoms with Gasteiger partial charge in [0.1, 0.15) is 0 Å². The van der Waals surface area contributed by atoms with Crippen LogP contribution in [-0.4, -0.2) is 5.11 Å². The van der Waals surface area contributed by atoms with Crippen LogP contribution in [0.2, 0.25) is 0 Å². The molecule has 1 aliphatic rings. The van der Waals surface area contributed by atoms with E-state index in [1.54, 1.807) is 6.07 Å². The van der Waals surface area contributed by atoms with Gasteiger partial charge < -0.3 is 5.11 Å². The van der Waals surface area contributed by atoms with Crippen LogP contribution in [0.5, 0.6) is 0 Å². The molecule has 78 valence electrons. The summed E-state index contributed by atoms with van der Waals surface area (Å²) in [4.78, 5) is 0. The highest BCUT2D eigenvalue weighted by Gasteiger charge is 2.39. The van der Waals surface area contributed by atoms with E-state index in [0.29, 0.717) is 5.56 Å². The van der Waals surface area contributed by atoms with Crippen molar-refractivity contribution in [3.63, 3.8) is 0 Å². The molecular formula is C13H15NO. The van der Waals surface area contributed by atoms with Crippen molar-refractivity contribution in [3.8, 4) is 6.07 Å². The predicted molar refractivity (Wildman–Crippen MR) is 58.1 cm³/mol. The Kier molecular flexibility index (Phi) is 2.50. The van der Waals surface area contributed by atoms with Crippen molar-refractivity contribution in [3.05, 3.63) is 35.4 Å². The average Bonchev–Trinajstić information content (AvgIpc) is 2.61. The standard InChI is InChI=1S/C13H15NO/c1-10-4-3-7-13(10,15)12-6-2-5-11(8-12)9-14/h2,5-6,8,10,15H,3-4,7H2,1H3/t10-,13-/m1/s1. The van der Waals surface area contributed by atoms with Crippen molar-refractivity contribution in [2.45, 2.75) is 31.8 Å². The molecule has 0 aromatic heterocycles. The summed E-state index contributed by atoms with van der Waals surface area (Å²) in [5.74, 6) is 0.284. The highest BCUT2D eigenvalue weighted by Crippen LogP contribution is 2.43. The zero-order valence-electron chi connectivity index (χ0n) is 8.90. The number of hydrogen-bond acceptors (Lipinski definition) is 2. The van der Waals surface area contributed by atoms with Gasteiger partial charge in [-0.1, -0.05) is 19.1 Å². The molecule has 2 nitrogen and oxygen atoms in total. The van der Waals surface area contributed by atoms with Gasteiger partial charge in [-0.3, -0.25) is 0 Å². The van der Waals surface area contributed by atoms with E-state index in [0.717, 1.165) is 24.8 Å². The Morgan fingerprint density at radius 3 is 2.93 bits per heavy atom. The number of benzene rings is 1. The van der Waals surface area contributed by atoms with Crippen molar-refractivity contribution >= 4 is 0 Å². The van der Waals surface area contributed by atoms with E-state index in [9.17, 15) is 5.11 Å². The maximum atomic E-state index is 10.5. The molecule has 0 saturated heterocycles. The highest BCUT2D eigenvalue weighted by molar-refractivity contribution is 5.36. The number of rotatable bonds is 1. The molecule has 1 fully saturated rings. The molecule has 2 atom stereocenters. The first-order valence-electron chi connectivity index (χ1n) is 5.40. The molecule has 0 amide bonds. The van der Waals surface area contributed by atoms with E-state index < -0.39 is 5.60 Å². The lowest BCUT2D eigenvalue weighted by molar-refractivity contribution is 0.00447. The maximum absolute atomic E-state index is 10.5. The van der Waals surface area contributed by atoms with Crippen LogP contribution in [0.1, 0.15) is 37.3 Å². The van der Waals surface area contributed by atoms with E-state index in [2.05, 4.69) is 13.0 Å². The molecule has 0 bridgehead atoms. The van der Waals surface area contributed by atoms with Gasteiger partial charge in [0.2, 0.25) is 0 Å². The Hall–Kier alpha value is -1.33. The first kappa shape index (κ1) is 10.2. The number of aliphatic hydroxyl groups is 1. The molecular weight excluding hydrogens is 186 g/mol. The molecule has 0 spiro atoms. The summed E-state index contributed by atoms with van der Waals surface area (Å²) in [5.41, 5.74) is 0.805. The van der Waals surface area contributed by atoms with Crippen molar-refractivity contribution in [2.24, 2.45) is 5.92 Å². The van der Waals surface area contributed by atoms with E-state index in [1.807, 2.05) is 18.2 Å². The van der Waals surface area contributed by atoms with Gasteiger partial charge in [0, 0.05) is 0 Å². The van der Waals surface area contributed by atoms with Gasteiger partial charge in [0.25, 0.3) is 0 Å². The zero-order valence-corrected chi connectivity index (χ0v) is 8.90. The van der Waals surface area contributed by atoms with Gasteiger partial charge >= 0.3 is 0 Å². The van der Waals surface area contributed by atoms with Gasteiger partial charge in [0.05, 0.1) is 17.2 Å². The minimum atomic E-state index is -0.715. The van der Waals surface area contributed by atoms with E-state index in [1.165, 1.54) is 0 Å². The summed E-state index contributed by atoms with van der Waals surface area (Å²) in [6.45, 7) is 2.08. The number of nitrogens with zero attached hydrogens (tertiary/aromatic N) is 1. The van der Waals surface area contributed by atoms with Gasteiger partial charge in [-0.15, -0.1) is 0 Å². The second-order valence-electron chi connectivity index (χ2n) is 4.41. The van der Waals surface area contributed by atoms with Crippen molar-refractivity contribution < 1.29 is 5.11 Å². The predicted octanol–water partition coefficient (Wildman–Crippen LogP) is 2.57. The Labute approximate surface area is 90.2 Å². The largest absolute Gasteiger partial charge is 0.385 e. The lowest BCUT2D eigenvalue weighted by Crippen LogP contribution is -2.28. The molecule has 1 aliphatic carbocycles. The van der Waals surface area contributed by atoms with E-state index >= 15 is 0 Å². The third-order valence-corrected chi connectivity index (χ3v) is 3.50. The molecule has 0 heterocycles. The summed E-state index contributed by atoms with van der Waals surface area (Å²) in [6.07, 6.45) is 2.94. The lowest BCUT2D eigenvalue weighted by atomic mass is 9.84. The van der Waals surface area contributed by atoms with E-state index in [4.69, 9.17) is 5.26 Å². The Morgan fingerprint density at radius 1 is 1.53 bits per heavy atom. The SMILES string of the molecule is C[C@@H]1CCC[C@]1(O)c1cccc(C#N)c1. The second kappa shape index (κ2) is 3.67. The Morgan fingerprint density at radius 2 is 2.33 bits per heavy atom. The van der Waals surface area contributed by atoms with Crippen molar-refractivity contribution in [1.29, 1.82) is 5.26 Å². The summed E-state index contributed by atoms with van der Waals surface area (Å²) in [6, 6.07) is 9.45. The maximum Gasteiger partial charge on any atom is 0.0991 e. The molecule has 1 aromatic carbocycles. The lowest BCUT2D eigenvalue weighted by Gasteiger charge is -2.28. The summed E-state index contributed by atoms with van der Waals surface area (Å²) >= 11 is 0. The fraction of sp³-hybridized carbons (Fsp3) is 0.462. The van der Waals surface area contributed by atoms with Crippen LogP contribution >= 0.6 is 0 Å². The monoisotopic (exact) mass is 201 g/mol. The van der Waals surface area contributed by atoms with E-state index in [-0.39, 0.29) is 5.92 Å². The minimum absolute atomic E-state index is 0.284. The summed E-state index contributed by atoms with van der Waals surface area (Å²) in [5, 5.41) is 19.4. The average molecular weight is 201 g/mol. The second-order valence-corrected chi connectivity index (χ2v) is 4.41. The van der Waals surface area contributed by atoms with Crippen LogP contribution in [0.25, 0.3) is 0 Å². The summed E-state index contributed by atoms with van der Waals surface area (Å²) < 4.78 is 0. The highest BCUT2D eigenvalue weighted by atomic mass is 16.3. The van der Waals surface area contributed by atoms with Crippen molar-refractivity contribution in [1.82, 2.24) is 0 Å². The minimum Gasteiger partial charge on any atom is -0.385 e. The molecule has 1 N–H and O–H groups in total. The molecule has 1 aromatic rings. The first-order chi connectivity index (χ1) is 7.16. The zero-order chi connectivity index (χ0) is 10.9. The Bertz CT molecular complexity index is 407. The topological polar surface area (TPSA) is 44.0 Å². The fourth-order valence-corrected chi connectivity index (χ4v) is 2.45. The van der Waals surface area contributed by atoms with Crippen LogP contribution in [0.15, 0.2) is 24.3 Å². The molecule has 2 rings (SSSR count). The molecule has 0 aliphatic heterocycles. The number of hydrogen-bond donors (Lipinski definition) is 1. The number of nitriles is 1. The van der Waals surface area contributed by atoms with Crippen LogP contribution in [-0.2, 0) is 5.60 Å². The van der Waals surface area contributed by atoms with Crippen molar-refractivity contribution in [2.75, 3.05) is 0 Å². The van der Waals surface area contributed by atoms with Crippen LogP contribution in [0.3, 0.4) is 0 Å². The summed E-state index contributed by atoms with van der Waals surface area (Å²) in [7, 11) is 0. The van der Waals surface area contributed by atoms with Gasteiger partial charge in [-0.25, -0.2) is 0 Å². The quantitative estimate of drug-likeness (QED) is 0.758. The molecule has 2 heteroatoms. The molecule has 0 unspecified atom stereocenters. The normalized spacial score (nSPS) is 30.1. The first-order valence-corrected chi connectivity index (χ1v) is 5.40. The molecule has 0 radical (unpaired) electrons. The smallest absolute Gasteiger partial charge is 0.0991 e. The van der Waals surface area contributed by atoms with Crippen LogP contribution in [0, 0.1) is 17.2 Å². The third-order valence-electron chi connectivity index (χ3n) is 3.50. The third kappa shape index (κ3) is 1.64. The van der Waals surface area contributed by atoms with Crippen LogP contribution < -0.4 is 0 Å².